The van der Waals surface area contributed by atoms with Crippen LogP contribution in [-0.4, -0.2) is 61.7 Å². The van der Waals surface area contributed by atoms with E-state index in [0.717, 1.165) is 0 Å². The van der Waals surface area contributed by atoms with Crippen molar-refractivity contribution in [3.8, 4) is 0 Å². The Morgan fingerprint density at radius 2 is 0.848 bits per heavy atom. The van der Waals surface area contributed by atoms with Crippen LogP contribution in [0.4, 0.5) is 0 Å². The molecule has 0 aromatic heterocycles. The molecule has 0 spiro atoms. The Morgan fingerprint density at radius 3 is 1.13 bits per heavy atom. The van der Waals surface area contributed by atoms with E-state index in [4.69, 9.17) is 28.4 Å². The highest BCUT2D eigenvalue weighted by Gasteiger charge is 2.83. The van der Waals surface area contributed by atoms with Gasteiger partial charge in [0.15, 0.2) is 23.1 Å². The van der Waals surface area contributed by atoms with Crippen LogP contribution in [0.3, 0.4) is 0 Å². The largest absolute Gasteiger partial charge is 0.342 e. The lowest BCUT2D eigenvalue weighted by molar-refractivity contribution is -0.545. The van der Waals surface area contributed by atoms with Crippen molar-refractivity contribution >= 4 is 45.0 Å². The Kier molecular flexibility index (Phi) is 6.66. The zero-order chi connectivity index (χ0) is 34.5. The first-order valence-corrected chi connectivity index (χ1v) is 25.6. The third kappa shape index (κ3) is 3.77. The number of hydrogen-bond acceptors (Lipinski definition) is 6. The Morgan fingerprint density at radius 1 is 0.543 bits per heavy atom. The van der Waals surface area contributed by atoms with Gasteiger partial charge in [-0.3, -0.25) is 0 Å². The highest BCUT2D eigenvalue weighted by Crippen LogP contribution is 2.76. The van der Waals surface area contributed by atoms with Gasteiger partial charge in [0, 0.05) is 24.7 Å². The molecular weight excluding hydrogens is 647 g/mol. The van der Waals surface area contributed by atoms with Crippen molar-refractivity contribution in [1.82, 2.24) is 0 Å². The SMILES string of the molecule is CC1C2(C)OC3(C)CC(C)(O2)C(P)(c2cc([Si](C)(C)C)c([Si](C)(C)C)cc2C2(P)C4(C)CC5(C)OC(C)(O4)C(C)C2(C)O5)C1(C)O3. The van der Waals surface area contributed by atoms with Crippen LogP contribution in [0, 0.1) is 11.8 Å². The van der Waals surface area contributed by atoms with E-state index in [1.165, 1.54) is 11.1 Å². The van der Waals surface area contributed by atoms with Crippen molar-refractivity contribution in [2.75, 3.05) is 0 Å². The van der Waals surface area contributed by atoms with E-state index in [1.54, 1.807) is 10.4 Å². The van der Waals surface area contributed by atoms with Crippen LogP contribution in [0.2, 0.25) is 39.3 Å². The second kappa shape index (κ2) is 8.83. The molecule has 0 aliphatic carbocycles. The average molecular weight is 707 g/mol. The van der Waals surface area contributed by atoms with Gasteiger partial charge in [-0.05, 0) is 66.5 Å². The first kappa shape index (κ1) is 34.7. The zero-order valence-electron chi connectivity index (χ0n) is 31.3. The molecule has 8 saturated heterocycles. The summed E-state index contributed by atoms with van der Waals surface area (Å²) in [6.07, 6.45) is 1.26. The Labute approximate surface area is 284 Å². The van der Waals surface area contributed by atoms with Gasteiger partial charge in [0.05, 0.1) is 48.9 Å². The van der Waals surface area contributed by atoms with Crippen LogP contribution in [-0.2, 0) is 38.7 Å². The summed E-state index contributed by atoms with van der Waals surface area (Å²) in [7, 11) is 3.13. The Hall–Kier alpha value is 0.274. The van der Waals surface area contributed by atoms with Gasteiger partial charge in [0.25, 0.3) is 0 Å². The smallest absolute Gasteiger partial charge is 0.175 e. The highest BCUT2D eigenvalue weighted by atomic mass is 31.0. The summed E-state index contributed by atoms with van der Waals surface area (Å²) in [5, 5.41) is 1.86. The molecule has 8 aliphatic heterocycles. The summed E-state index contributed by atoms with van der Waals surface area (Å²) < 4.78 is 42.2. The summed E-state index contributed by atoms with van der Waals surface area (Å²) in [5.74, 6) is -3.05. The monoisotopic (exact) mass is 706 g/mol. The van der Waals surface area contributed by atoms with Gasteiger partial charge in [-0.2, -0.15) is 0 Å². The lowest BCUT2D eigenvalue weighted by atomic mass is 9.53. The van der Waals surface area contributed by atoms with Crippen molar-refractivity contribution in [2.24, 2.45) is 11.8 Å². The quantitative estimate of drug-likeness (QED) is 0.247. The molecule has 14 atom stereocenters. The average Bonchev–Trinajstić information content (AvgIpc) is 2.84. The Bertz CT molecular complexity index is 1450. The molecule has 8 bridgehead atoms. The van der Waals surface area contributed by atoms with E-state index < -0.39 is 72.0 Å². The fraction of sp³-hybridized carbons (Fsp3) is 0.833. The molecule has 8 aliphatic rings. The lowest BCUT2D eigenvalue weighted by Crippen LogP contribution is -2.86. The fourth-order valence-corrected chi connectivity index (χ4v) is 18.2. The predicted octanol–water partition coefficient (Wildman–Crippen LogP) is 7.05. The molecule has 14 unspecified atom stereocenters. The molecule has 46 heavy (non-hydrogen) atoms. The van der Waals surface area contributed by atoms with Crippen LogP contribution in [0.25, 0.3) is 0 Å². The summed E-state index contributed by atoms with van der Waals surface area (Å²) in [5.41, 5.74) is 0.156. The maximum atomic E-state index is 7.24. The first-order chi connectivity index (χ1) is 20.4. The zero-order valence-corrected chi connectivity index (χ0v) is 35.6. The minimum Gasteiger partial charge on any atom is -0.342 e. The number of ether oxygens (including phenoxy) is 6. The van der Waals surface area contributed by atoms with Crippen molar-refractivity contribution in [1.29, 1.82) is 0 Å². The molecule has 8 fully saturated rings. The molecule has 10 heteroatoms. The van der Waals surface area contributed by atoms with E-state index in [0.29, 0.717) is 12.8 Å². The summed E-state index contributed by atoms with van der Waals surface area (Å²) in [6.45, 7) is 37.1. The molecule has 6 nitrogen and oxygen atoms in total. The molecular formula is C36H60O6P2Si2. The van der Waals surface area contributed by atoms with Gasteiger partial charge in [-0.15, -0.1) is 18.5 Å². The lowest BCUT2D eigenvalue weighted by Gasteiger charge is -2.78. The third-order valence-electron chi connectivity index (χ3n) is 13.9. The number of benzene rings is 1. The van der Waals surface area contributed by atoms with Crippen LogP contribution in [0.15, 0.2) is 12.1 Å². The minimum atomic E-state index is -1.83. The van der Waals surface area contributed by atoms with Crippen molar-refractivity contribution in [3.05, 3.63) is 23.3 Å². The van der Waals surface area contributed by atoms with Crippen LogP contribution in [0.5, 0.6) is 0 Å². The first-order valence-electron chi connectivity index (χ1n) is 17.4. The van der Waals surface area contributed by atoms with Gasteiger partial charge >= 0.3 is 0 Å². The van der Waals surface area contributed by atoms with E-state index in [2.05, 4.69) is 139 Å². The van der Waals surface area contributed by atoms with Gasteiger partial charge in [-0.1, -0.05) is 75.6 Å². The molecule has 0 amide bonds. The van der Waals surface area contributed by atoms with Crippen LogP contribution < -0.4 is 10.4 Å². The third-order valence-corrected chi connectivity index (χ3v) is 21.2. The predicted molar refractivity (Wildman–Crippen MR) is 196 cm³/mol. The van der Waals surface area contributed by atoms with Gasteiger partial charge in [-0.25, -0.2) is 0 Å². The van der Waals surface area contributed by atoms with E-state index in [1.807, 2.05) is 0 Å². The maximum Gasteiger partial charge on any atom is 0.175 e. The van der Waals surface area contributed by atoms with Crippen molar-refractivity contribution in [3.63, 3.8) is 0 Å². The standard InChI is InChI=1S/C36H60O6P2Si2/c1-21-31(7)35(43,27(3)19-29(5,39-31)41-33(21,9)37-27)23-17-25(45(11,12)13)26(46(14,15)16)18-24(23)36(44)28(4)20-30(6)40-32(36,8)22(2)34(10,38-28)42-30/h17-18,21-22H,19-20,43-44H2,1-16H3. The topological polar surface area (TPSA) is 55.4 Å². The second-order valence-electron chi connectivity index (χ2n) is 19.4. The molecule has 8 heterocycles. The fourth-order valence-electron chi connectivity index (χ4n) is 11.6. The number of hydrogen-bond donors (Lipinski definition) is 0. The van der Waals surface area contributed by atoms with E-state index in [9.17, 15) is 0 Å². The van der Waals surface area contributed by atoms with E-state index in [-0.39, 0.29) is 11.8 Å². The van der Waals surface area contributed by atoms with E-state index >= 15 is 0 Å². The van der Waals surface area contributed by atoms with Gasteiger partial charge in [0.2, 0.25) is 0 Å². The molecule has 0 N–H and O–H groups in total. The highest BCUT2D eigenvalue weighted by molar-refractivity contribution is 7.19. The Balaban J connectivity index is 1.61. The molecule has 9 rings (SSSR count). The summed E-state index contributed by atoms with van der Waals surface area (Å²) >= 11 is 0. The van der Waals surface area contributed by atoms with Crippen molar-refractivity contribution < 1.29 is 28.4 Å². The number of rotatable bonds is 4. The van der Waals surface area contributed by atoms with Crippen molar-refractivity contribution in [2.45, 2.75) is 177 Å². The van der Waals surface area contributed by atoms with Gasteiger partial charge in [0.1, 0.15) is 0 Å². The summed E-state index contributed by atoms with van der Waals surface area (Å²) in [4.78, 5) is 0. The molecule has 1 aromatic carbocycles. The minimum absolute atomic E-state index is 0.0402. The van der Waals surface area contributed by atoms with Crippen LogP contribution in [0.1, 0.15) is 93.2 Å². The molecule has 1 aromatic rings. The maximum absolute atomic E-state index is 7.24. The molecule has 258 valence electrons. The summed E-state index contributed by atoms with van der Waals surface area (Å²) in [6, 6.07) is 5.22. The van der Waals surface area contributed by atoms with Gasteiger partial charge < -0.3 is 28.4 Å². The normalized spacial score (nSPS) is 55.8. The van der Waals surface area contributed by atoms with Crippen LogP contribution >= 0.6 is 18.5 Å². The molecule has 0 saturated carbocycles. The second-order valence-corrected chi connectivity index (χ2v) is 31.3. The molecule has 0 radical (unpaired) electrons.